The van der Waals surface area contributed by atoms with Gasteiger partial charge in [0.2, 0.25) is 0 Å². The number of rotatable bonds is 3. The van der Waals surface area contributed by atoms with E-state index in [2.05, 4.69) is 11.1 Å². The lowest BCUT2D eigenvalue weighted by Crippen LogP contribution is -2.05. The molecule has 19 heavy (non-hydrogen) atoms. The lowest BCUT2D eigenvalue weighted by molar-refractivity contribution is 0.0505. The van der Waals surface area contributed by atoms with Crippen LogP contribution in [0.3, 0.4) is 0 Å². The highest BCUT2D eigenvalue weighted by molar-refractivity contribution is 5.95. The third kappa shape index (κ3) is 2.25. The molecule has 0 saturated heterocycles. The number of carbonyl (C=O) groups excluding carboxylic acids is 1. The molecule has 0 amide bonds. The van der Waals surface area contributed by atoms with Crippen LogP contribution in [-0.4, -0.2) is 17.6 Å². The highest BCUT2D eigenvalue weighted by atomic mass is 16.5. The molecule has 1 aromatic carbocycles. The Morgan fingerprint density at radius 1 is 1.32 bits per heavy atom. The molecule has 1 aliphatic rings. The van der Waals surface area contributed by atoms with Crippen LogP contribution < -0.4 is 0 Å². The van der Waals surface area contributed by atoms with E-state index in [1.165, 1.54) is 29.5 Å². The summed E-state index contributed by atoms with van der Waals surface area (Å²) in [5.74, 6) is -0.226. The van der Waals surface area contributed by atoms with Gasteiger partial charge in [-0.15, -0.1) is 0 Å². The van der Waals surface area contributed by atoms with Crippen molar-refractivity contribution in [3.8, 4) is 0 Å². The van der Waals surface area contributed by atoms with Crippen LogP contribution in [0.2, 0.25) is 0 Å². The van der Waals surface area contributed by atoms with Gasteiger partial charge in [0.1, 0.15) is 0 Å². The van der Waals surface area contributed by atoms with E-state index in [-0.39, 0.29) is 5.97 Å². The van der Waals surface area contributed by atoms with Crippen LogP contribution >= 0.6 is 0 Å². The minimum Gasteiger partial charge on any atom is -0.462 e. The maximum absolute atomic E-state index is 11.9. The number of hydrogen-bond donors (Lipinski definition) is 1. The quantitative estimate of drug-likeness (QED) is 0.853. The van der Waals surface area contributed by atoms with Gasteiger partial charge in [-0.25, -0.2) is 4.79 Å². The summed E-state index contributed by atoms with van der Waals surface area (Å²) in [7, 11) is 0. The fraction of sp³-hybridized carbons (Fsp3) is 0.438. The smallest absolute Gasteiger partial charge is 0.338 e. The molecule has 3 nitrogen and oxygen atoms in total. The zero-order valence-electron chi connectivity index (χ0n) is 11.3. The number of H-pyrrole nitrogens is 1. The first-order valence-electron chi connectivity index (χ1n) is 7.10. The second-order valence-corrected chi connectivity index (χ2v) is 5.19. The van der Waals surface area contributed by atoms with Crippen molar-refractivity contribution in [3.05, 3.63) is 35.0 Å². The van der Waals surface area contributed by atoms with E-state index in [4.69, 9.17) is 4.74 Å². The molecular formula is C16H19NO2. The highest BCUT2D eigenvalue weighted by Crippen LogP contribution is 2.29. The van der Waals surface area contributed by atoms with Crippen LogP contribution in [0.1, 0.15) is 47.8 Å². The maximum Gasteiger partial charge on any atom is 0.338 e. The highest BCUT2D eigenvalue weighted by Gasteiger charge is 2.16. The molecule has 0 aliphatic heterocycles. The first-order valence-corrected chi connectivity index (χ1v) is 7.10. The number of ether oxygens (including phenoxy) is 1. The Bertz CT molecular complexity index is 612. The number of benzene rings is 1. The van der Waals surface area contributed by atoms with Gasteiger partial charge in [-0.3, -0.25) is 0 Å². The summed E-state index contributed by atoms with van der Waals surface area (Å²) in [4.78, 5) is 15.3. The second kappa shape index (κ2) is 5.08. The van der Waals surface area contributed by atoms with E-state index in [1.54, 1.807) is 0 Å². The van der Waals surface area contributed by atoms with Crippen LogP contribution in [0.4, 0.5) is 0 Å². The predicted molar refractivity (Wildman–Crippen MR) is 75.5 cm³/mol. The average molecular weight is 257 g/mol. The molecule has 1 aromatic heterocycles. The summed E-state index contributed by atoms with van der Waals surface area (Å²) < 4.78 is 5.18. The molecule has 0 atom stereocenters. The van der Waals surface area contributed by atoms with Gasteiger partial charge in [-0.05, 0) is 49.8 Å². The molecule has 0 radical (unpaired) electrons. The summed E-state index contributed by atoms with van der Waals surface area (Å²) in [6.45, 7) is 2.48. The van der Waals surface area contributed by atoms with Gasteiger partial charge in [0.15, 0.2) is 0 Å². The molecule has 0 saturated carbocycles. The normalized spacial score (nSPS) is 14.4. The topological polar surface area (TPSA) is 42.1 Å². The number of aryl methyl sites for hydroxylation is 2. The van der Waals surface area contributed by atoms with Gasteiger partial charge >= 0.3 is 5.97 Å². The number of fused-ring (bicyclic) bond motifs is 3. The largest absolute Gasteiger partial charge is 0.462 e. The van der Waals surface area contributed by atoms with Crippen molar-refractivity contribution in [2.24, 2.45) is 0 Å². The van der Waals surface area contributed by atoms with E-state index >= 15 is 0 Å². The number of aromatic nitrogens is 1. The lowest BCUT2D eigenvalue weighted by atomic mass is 9.95. The van der Waals surface area contributed by atoms with Crippen molar-refractivity contribution in [3.63, 3.8) is 0 Å². The van der Waals surface area contributed by atoms with Crippen molar-refractivity contribution < 1.29 is 9.53 Å². The fourth-order valence-corrected chi connectivity index (χ4v) is 2.82. The van der Waals surface area contributed by atoms with Crippen LogP contribution in [0.15, 0.2) is 18.2 Å². The standard InChI is InChI=1S/C16H19NO2/c1-2-9-19-16(18)11-7-8-13-12-5-3-4-6-14(12)17-15(13)10-11/h7-8,10,17H,2-6,9H2,1H3. The minimum absolute atomic E-state index is 0.226. The van der Waals surface area contributed by atoms with Gasteiger partial charge in [0.05, 0.1) is 12.2 Å². The molecule has 0 bridgehead atoms. The second-order valence-electron chi connectivity index (χ2n) is 5.19. The molecule has 3 rings (SSSR count). The Kier molecular flexibility index (Phi) is 3.28. The summed E-state index contributed by atoms with van der Waals surface area (Å²) in [6.07, 6.45) is 5.64. The number of aromatic amines is 1. The monoisotopic (exact) mass is 257 g/mol. The molecule has 0 fully saturated rings. The zero-order valence-corrected chi connectivity index (χ0v) is 11.3. The Morgan fingerprint density at radius 2 is 2.16 bits per heavy atom. The van der Waals surface area contributed by atoms with Gasteiger partial charge < -0.3 is 9.72 Å². The fourth-order valence-electron chi connectivity index (χ4n) is 2.82. The molecule has 0 spiro atoms. The lowest BCUT2D eigenvalue weighted by Gasteiger charge is -2.10. The van der Waals surface area contributed by atoms with E-state index in [0.717, 1.165) is 24.8 Å². The van der Waals surface area contributed by atoms with Crippen molar-refractivity contribution in [2.45, 2.75) is 39.0 Å². The maximum atomic E-state index is 11.9. The number of nitrogens with one attached hydrogen (secondary N) is 1. The van der Waals surface area contributed by atoms with Crippen LogP contribution in [-0.2, 0) is 17.6 Å². The molecule has 2 aromatic rings. The Labute approximate surface area is 113 Å². The number of carbonyl (C=O) groups is 1. The van der Waals surface area contributed by atoms with Gasteiger partial charge in [0, 0.05) is 16.6 Å². The van der Waals surface area contributed by atoms with E-state index in [9.17, 15) is 4.79 Å². The minimum atomic E-state index is -0.226. The molecular weight excluding hydrogens is 238 g/mol. The van der Waals surface area contributed by atoms with E-state index < -0.39 is 0 Å². The molecule has 0 unspecified atom stereocenters. The third-order valence-electron chi connectivity index (χ3n) is 3.77. The SMILES string of the molecule is CCCOC(=O)c1ccc2c3c([nH]c2c1)CCCC3. The van der Waals surface area contributed by atoms with Crippen molar-refractivity contribution in [1.82, 2.24) is 4.98 Å². The zero-order chi connectivity index (χ0) is 13.2. The van der Waals surface area contributed by atoms with Crippen molar-refractivity contribution in [1.29, 1.82) is 0 Å². The Balaban J connectivity index is 1.95. The van der Waals surface area contributed by atoms with Crippen molar-refractivity contribution in [2.75, 3.05) is 6.61 Å². The average Bonchev–Trinajstić information content (AvgIpc) is 2.82. The summed E-state index contributed by atoms with van der Waals surface area (Å²) in [5.41, 5.74) is 4.49. The first kappa shape index (κ1) is 12.3. The molecule has 100 valence electrons. The summed E-state index contributed by atoms with van der Waals surface area (Å²) >= 11 is 0. The predicted octanol–water partition coefficient (Wildman–Crippen LogP) is 3.61. The summed E-state index contributed by atoms with van der Waals surface area (Å²) in [5, 5.41) is 1.27. The van der Waals surface area contributed by atoms with Crippen LogP contribution in [0.5, 0.6) is 0 Å². The first-order chi connectivity index (χ1) is 9.29. The number of hydrogen-bond acceptors (Lipinski definition) is 2. The molecule has 1 N–H and O–H groups in total. The van der Waals surface area contributed by atoms with Crippen LogP contribution in [0, 0.1) is 0 Å². The number of esters is 1. The molecule has 1 heterocycles. The van der Waals surface area contributed by atoms with E-state index in [1.807, 2.05) is 19.1 Å². The van der Waals surface area contributed by atoms with Crippen molar-refractivity contribution >= 4 is 16.9 Å². The Hall–Kier alpha value is -1.77. The Morgan fingerprint density at radius 3 is 3.00 bits per heavy atom. The van der Waals surface area contributed by atoms with E-state index in [0.29, 0.717) is 12.2 Å². The van der Waals surface area contributed by atoms with Gasteiger partial charge in [-0.1, -0.05) is 13.0 Å². The van der Waals surface area contributed by atoms with Gasteiger partial charge in [0.25, 0.3) is 0 Å². The third-order valence-corrected chi connectivity index (χ3v) is 3.77. The molecule has 3 heteroatoms. The molecule has 1 aliphatic carbocycles. The van der Waals surface area contributed by atoms with Crippen LogP contribution in [0.25, 0.3) is 10.9 Å². The van der Waals surface area contributed by atoms with Gasteiger partial charge in [-0.2, -0.15) is 0 Å². The summed E-state index contributed by atoms with van der Waals surface area (Å²) in [6, 6.07) is 5.85.